The second kappa shape index (κ2) is 8.02. The first-order valence-corrected chi connectivity index (χ1v) is 6.97. The largest absolute Gasteiger partial charge is 0.497 e. The number of carbonyl (C=O) groups is 1. The van der Waals surface area contributed by atoms with E-state index in [0.29, 0.717) is 5.75 Å². The van der Waals surface area contributed by atoms with Crippen LogP contribution in [0.15, 0.2) is 34.5 Å². The van der Waals surface area contributed by atoms with Gasteiger partial charge in [0.05, 0.1) is 13.7 Å². The Morgan fingerprint density at radius 1 is 1.30 bits per heavy atom. The zero-order chi connectivity index (χ0) is 17.5. The fraction of sp³-hybridized carbons (Fsp3) is 0.400. The van der Waals surface area contributed by atoms with E-state index in [1.807, 2.05) is 12.1 Å². The number of nitrogens with two attached hydrogens (primary N) is 2. The van der Waals surface area contributed by atoms with Gasteiger partial charge in [-0.15, -0.1) is 10.2 Å². The summed E-state index contributed by atoms with van der Waals surface area (Å²) in [5, 5.41) is 7.15. The molecule has 0 spiro atoms. The Kier molecular flexibility index (Phi) is 6.37. The summed E-state index contributed by atoms with van der Waals surface area (Å²) in [6, 6.07) is 7.20. The van der Waals surface area contributed by atoms with E-state index < -0.39 is 11.7 Å². The van der Waals surface area contributed by atoms with Gasteiger partial charge in [0.15, 0.2) is 0 Å². The highest BCUT2D eigenvalue weighted by Gasteiger charge is 2.25. The average Bonchev–Trinajstić information content (AvgIpc) is 2.49. The summed E-state index contributed by atoms with van der Waals surface area (Å²) in [5.41, 5.74) is 11.1. The molecule has 0 atom stereocenters. The Morgan fingerprint density at radius 2 is 1.91 bits per heavy atom. The molecule has 1 amide bonds. The Hall–Kier alpha value is -2.77. The molecule has 8 heteroatoms. The maximum absolute atomic E-state index is 12.3. The summed E-state index contributed by atoms with van der Waals surface area (Å²) in [5.74, 6) is 0.601. The molecule has 23 heavy (non-hydrogen) atoms. The van der Waals surface area contributed by atoms with E-state index in [9.17, 15) is 4.79 Å². The van der Waals surface area contributed by atoms with Crippen molar-refractivity contribution in [2.75, 3.05) is 7.11 Å². The Labute approximate surface area is 135 Å². The molecular weight excluding hydrogens is 298 g/mol. The second-order valence-electron chi connectivity index (χ2n) is 5.64. The predicted molar refractivity (Wildman–Crippen MR) is 89.1 cm³/mol. The van der Waals surface area contributed by atoms with Gasteiger partial charge in [-0.25, -0.2) is 9.69 Å². The Morgan fingerprint density at radius 3 is 2.39 bits per heavy atom. The van der Waals surface area contributed by atoms with Gasteiger partial charge in [0.25, 0.3) is 0 Å². The van der Waals surface area contributed by atoms with Crippen molar-refractivity contribution in [3.63, 3.8) is 0 Å². The van der Waals surface area contributed by atoms with Crippen molar-refractivity contribution < 1.29 is 14.3 Å². The van der Waals surface area contributed by atoms with Crippen molar-refractivity contribution in [2.45, 2.75) is 32.9 Å². The van der Waals surface area contributed by atoms with Crippen LogP contribution in [0.4, 0.5) is 4.79 Å². The van der Waals surface area contributed by atoms with Crippen molar-refractivity contribution in [2.24, 2.45) is 21.7 Å². The fourth-order valence-corrected chi connectivity index (χ4v) is 1.62. The first-order valence-electron chi connectivity index (χ1n) is 6.97. The van der Waals surface area contributed by atoms with Gasteiger partial charge in [-0.2, -0.15) is 0 Å². The molecule has 0 aromatic heterocycles. The van der Waals surface area contributed by atoms with Crippen molar-refractivity contribution in [1.29, 1.82) is 0 Å². The SMILES string of the molecule is COc1ccc(CN(C(=O)OC(C)(C)C)/C(N)=N/N=C\N)cc1. The molecule has 0 bridgehead atoms. The van der Waals surface area contributed by atoms with Crippen LogP contribution < -0.4 is 16.2 Å². The summed E-state index contributed by atoms with van der Waals surface area (Å²) in [7, 11) is 1.58. The molecule has 0 heterocycles. The Balaban J connectivity index is 3.00. The minimum Gasteiger partial charge on any atom is -0.497 e. The summed E-state index contributed by atoms with van der Waals surface area (Å²) in [4.78, 5) is 13.5. The lowest BCUT2D eigenvalue weighted by atomic mass is 10.2. The quantitative estimate of drug-likeness (QED) is 0.497. The van der Waals surface area contributed by atoms with Crippen molar-refractivity contribution in [3.05, 3.63) is 29.8 Å². The van der Waals surface area contributed by atoms with Crippen LogP contribution in [0.3, 0.4) is 0 Å². The molecule has 1 rings (SSSR count). The van der Waals surface area contributed by atoms with Gasteiger partial charge in [0.1, 0.15) is 17.7 Å². The van der Waals surface area contributed by atoms with Crippen LogP contribution in [0.25, 0.3) is 0 Å². The fourth-order valence-electron chi connectivity index (χ4n) is 1.62. The van der Waals surface area contributed by atoms with E-state index in [-0.39, 0.29) is 12.5 Å². The summed E-state index contributed by atoms with van der Waals surface area (Å²) < 4.78 is 10.4. The van der Waals surface area contributed by atoms with Crippen LogP contribution in [0.2, 0.25) is 0 Å². The summed E-state index contributed by atoms with van der Waals surface area (Å²) >= 11 is 0. The molecule has 0 saturated carbocycles. The molecule has 0 aliphatic heterocycles. The van der Waals surface area contributed by atoms with Gasteiger partial charge in [0, 0.05) is 0 Å². The van der Waals surface area contributed by atoms with Gasteiger partial charge < -0.3 is 20.9 Å². The monoisotopic (exact) mass is 321 g/mol. The molecule has 0 aliphatic rings. The number of rotatable bonds is 4. The standard InChI is InChI=1S/C15H23N5O3/c1-15(2,3)23-14(21)20(13(17)19-18-10-16)9-11-5-7-12(22-4)8-6-11/h5-8,10H,9H2,1-4H3,(H2,16,18)(H2,17,19). The zero-order valence-corrected chi connectivity index (χ0v) is 13.8. The molecular formula is C15H23N5O3. The predicted octanol–water partition coefficient (Wildman–Crippen LogP) is 1.65. The lowest BCUT2D eigenvalue weighted by Gasteiger charge is -2.26. The highest BCUT2D eigenvalue weighted by Crippen LogP contribution is 2.15. The number of ether oxygens (including phenoxy) is 2. The molecule has 4 N–H and O–H groups in total. The van der Waals surface area contributed by atoms with Crippen molar-refractivity contribution in [3.8, 4) is 5.75 Å². The highest BCUT2D eigenvalue weighted by molar-refractivity contribution is 5.93. The normalized spacial score (nSPS) is 12.3. The smallest absolute Gasteiger partial charge is 0.417 e. The van der Waals surface area contributed by atoms with E-state index >= 15 is 0 Å². The Bertz CT molecular complexity index is 576. The number of hydrogen-bond donors (Lipinski definition) is 2. The van der Waals surface area contributed by atoms with Crippen LogP contribution in [0.5, 0.6) is 5.75 Å². The van der Waals surface area contributed by atoms with Gasteiger partial charge in [-0.1, -0.05) is 12.1 Å². The molecule has 0 aliphatic carbocycles. The number of guanidine groups is 1. The van der Waals surface area contributed by atoms with Gasteiger partial charge in [-0.3, -0.25) is 0 Å². The minimum atomic E-state index is -0.660. The molecule has 0 fully saturated rings. The van der Waals surface area contributed by atoms with Crippen molar-refractivity contribution >= 4 is 18.4 Å². The molecule has 126 valence electrons. The first-order chi connectivity index (χ1) is 10.8. The third-order valence-corrected chi connectivity index (χ3v) is 2.62. The van der Waals surface area contributed by atoms with Crippen LogP contribution in [0.1, 0.15) is 26.3 Å². The number of amides is 1. The third-order valence-electron chi connectivity index (χ3n) is 2.62. The lowest BCUT2D eigenvalue weighted by molar-refractivity contribution is 0.0357. The van der Waals surface area contributed by atoms with Crippen molar-refractivity contribution in [1.82, 2.24) is 4.90 Å². The summed E-state index contributed by atoms with van der Waals surface area (Å²) in [6.45, 7) is 5.47. The van der Waals surface area contributed by atoms with E-state index in [1.165, 1.54) is 4.90 Å². The molecule has 8 nitrogen and oxygen atoms in total. The van der Waals surface area contributed by atoms with Gasteiger partial charge in [-0.05, 0) is 38.5 Å². The van der Waals surface area contributed by atoms with Crippen LogP contribution in [-0.2, 0) is 11.3 Å². The second-order valence-corrected chi connectivity index (χ2v) is 5.64. The number of hydrogen-bond acceptors (Lipinski definition) is 5. The number of carbonyl (C=O) groups excluding carboxylic acids is 1. The maximum atomic E-state index is 12.3. The van der Waals surface area contributed by atoms with Crippen LogP contribution in [0, 0.1) is 0 Å². The van der Waals surface area contributed by atoms with E-state index in [0.717, 1.165) is 11.9 Å². The minimum absolute atomic E-state index is 0.114. The first kappa shape index (κ1) is 18.3. The molecule has 0 radical (unpaired) electrons. The van der Waals surface area contributed by atoms with E-state index in [1.54, 1.807) is 40.0 Å². The zero-order valence-electron chi connectivity index (χ0n) is 13.8. The topological polar surface area (TPSA) is 116 Å². The number of methoxy groups -OCH3 is 1. The molecule has 1 aromatic carbocycles. The van der Waals surface area contributed by atoms with Gasteiger partial charge >= 0.3 is 6.09 Å². The van der Waals surface area contributed by atoms with E-state index in [4.69, 9.17) is 20.9 Å². The van der Waals surface area contributed by atoms with Crippen LogP contribution >= 0.6 is 0 Å². The highest BCUT2D eigenvalue weighted by atomic mass is 16.6. The van der Waals surface area contributed by atoms with Crippen LogP contribution in [-0.4, -0.2) is 36.0 Å². The lowest BCUT2D eigenvalue weighted by Crippen LogP contribution is -2.44. The maximum Gasteiger partial charge on any atom is 0.417 e. The molecule has 0 saturated heterocycles. The third kappa shape index (κ3) is 6.25. The average molecular weight is 321 g/mol. The number of nitrogens with zero attached hydrogens (tertiary/aromatic N) is 3. The van der Waals surface area contributed by atoms with E-state index in [2.05, 4.69) is 10.2 Å². The molecule has 1 aromatic rings. The number of benzene rings is 1. The summed E-state index contributed by atoms with van der Waals surface area (Å²) in [6.07, 6.45) is 0.356. The molecule has 0 unspecified atom stereocenters. The van der Waals surface area contributed by atoms with Gasteiger partial charge in [0.2, 0.25) is 5.96 Å².